The highest BCUT2D eigenvalue weighted by Crippen LogP contribution is 1.99. The van der Waals surface area contributed by atoms with Crippen LogP contribution < -0.4 is 0 Å². The van der Waals surface area contributed by atoms with Gasteiger partial charge in [0.25, 0.3) is 0 Å². The fourth-order valence-electron chi connectivity index (χ4n) is 0.675. The summed E-state index contributed by atoms with van der Waals surface area (Å²) < 4.78 is 9.85. The molecule has 0 aliphatic rings. The van der Waals surface area contributed by atoms with E-state index in [0.717, 1.165) is 0 Å². The van der Waals surface area contributed by atoms with Crippen LogP contribution in [0.15, 0.2) is 12.2 Å². The molecule has 0 amide bonds. The van der Waals surface area contributed by atoms with Crippen LogP contribution in [0.25, 0.3) is 0 Å². The molecule has 0 aromatic heterocycles. The van der Waals surface area contributed by atoms with E-state index >= 15 is 0 Å². The van der Waals surface area contributed by atoms with Crippen LogP contribution in [0.2, 0.25) is 0 Å². The van der Waals surface area contributed by atoms with Gasteiger partial charge in [0.15, 0.2) is 6.29 Å². The monoisotopic (exact) mass is 160 g/mol. The molecule has 0 fully saturated rings. The van der Waals surface area contributed by atoms with Crippen molar-refractivity contribution in [2.24, 2.45) is 0 Å². The van der Waals surface area contributed by atoms with Gasteiger partial charge in [-0.3, -0.25) is 0 Å². The van der Waals surface area contributed by atoms with Crippen LogP contribution in [0, 0.1) is 0 Å². The molecule has 0 spiro atoms. The summed E-state index contributed by atoms with van der Waals surface area (Å²) >= 11 is 0. The fraction of sp³-hybridized carbons (Fsp3) is 0.750. The summed E-state index contributed by atoms with van der Waals surface area (Å²) in [7, 11) is 3.18. The Balaban J connectivity index is 3.49. The molecule has 0 saturated carbocycles. The molecule has 66 valence electrons. The lowest BCUT2D eigenvalue weighted by molar-refractivity contribution is -0.0986. The second-order valence-corrected chi connectivity index (χ2v) is 2.31. The van der Waals surface area contributed by atoms with Gasteiger partial charge in [-0.25, -0.2) is 0 Å². The summed E-state index contributed by atoms with van der Waals surface area (Å²) in [6.07, 6.45) is 3.60. The molecule has 1 unspecified atom stereocenters. The van der Waals surface area contributed by atoms with E-state index in [-0.39, 0.29) is 6.29 Å². The molecule has 0 bridgehead atoms. The molecule has 11 heavy (non-hydrogen) atoms. The molecule has 0 aromatic rings. The zero-order valence-electron chi connectivity index (χ0n) is 7.28. The highest BCUT2D eigenvalue weighted by atomic mass is 16.7. The maximum atomic E-state index is 8.84. The molecule has 1 atom stereocenters. The van der Waals surface area contributed by atoms with E-state index in [1.807, 2.05) is 6.08 Å². The fourth-order valence-corrected chi connectivity index (χ4v) is 0.675. The minimum atomic E-state index is -0.399. The Morgan fingerprint density at radius 2 is 1.91 bits per heavy atom. The van der Waals surface area contributed by atoms with Gasteiger partial charge in [-0.1, -0.05) is 12.2 Å². The number of hydrogen-bond acceptors (Lipinski definition) is 3. The molecule has 1 N–H and O–H groups in total. The number of aliphatic hydroxyl groups is 1. The summed E-state index contributed by atoms with van der Waals surface area (Å²) in [5.74, 6) is 0. The predicted octanol–water partition coefficient (Wildman–Crippen LogP) is 0.932. The van der Waals surface area contributed by atoms with Crippen molar-refractivity contribution in [3.8, 4) is 0 Å². The van der Waals surface area contributed by atoms with Crippen molar-refractivity contribution in [2.45, 2.75) is 25.7 Å². The molecule has 0 saturated heterocycles. The number of hydrogen-bond donors (Lipinski definition) is 1. The largest absolute Gasteiger partial charge is 0.389 e. The molecule has 0 aliphatic heterocycles. The summed E-state index contributed by atoms with van der Waals surface area (Å²) in [6.45, 7) is 1.70. The van der Waals surface area contributed by atoms with Gasteiger partial charge in [0.1, 0.15) is 0 Å². The van der Waals surface area contributed by atoms with Crippen molar-refractivity contribution in [3.63, 3.8) is 0 Å². The van der Waals surface area contributed by atoms with Crippen molar-refractivity contribution in [3.05, 3.63) is 12.2 Å². The van der Waals surface area contributed by atoms with Crippen LogP contribution >= 0.6 is 0 Å². The van der Waals surface area contributed by atoms with Gasteiger partial charge in [0, 0.05) is 20.6 Å². The van der Waals surface area contributed by atoms with Gasteiger partial charge in [-0.05, 0) is 6.92 Å². The number of methoxy groups -OCH3 is 2. The van der Waals surface area contributed by atoms with E-state index in [9.17, 15) is 0 Å². The maximum Gasteiger partial charge on any atom is 0.160 e. The Bertz CT molecular complexity index is 106. The van der Waals surface area contributed by atoms with Crippen LogP contribution in [-0.2, 0) is 9.47 Å². The standard InChI is InChI=1S/C8H16O3/c1-7(9)5-4-6-8(10-2)11-3/h4-5,7-9H,6H2,1-3H3. The summed E-state index contributed by atoms with van der Waals surface area (Å²) in [6, 6.07) is 0. The topological polar surface area (TPSA) is 38.7 Å². The minimum absolute atomic E-state index is 0.204. The van der Waals surface area contributed by atoms with Crippen molar-refractivity contribution >= 4 is 0 Å². The Kier molecular flexibility index (Phi) is 6.12. The van der Waals surface area contributed by atoms with Crippen LogP contribution in [0.5, 0.6) is 0 Å². The number of aliphatic hydroxyl groups excluding tert-OH is 1. The Morgan fingerprint density at radius 1 is 1.36 bits per heavy atom. The highest BCUT2D eigenvalue weighted by molar-refractivity contribution is 4.86. The molecule has 0 aliphatic carbocycles. The van der Waals surface area contributed by atoms with Crippen molar-refractivity contribution < 1.29 is 14.6 Å². The third kappa shape index (κ3) is 6.04. The number of rotatable bonds is 5. The Hall–Kier alpha value is -0.380. The zero-order chi connectivity index (χ0) is 8.69. The second kappa shape index (κ2) is 6.34. The summed E-state index contributed by atoms with van der Waals surface area (Å²) in [4.78, 5) is 0. The Morgan fingerprint density at radius 3 is 2.27 bits per heavy atom. The van der Waals surface area contributed by atoms with E-state index in [0.29, 0.717) is 6.42 Å². The van der Waals surface area contributed by atoms with Crippen LogP contribution in [0.3, 0.4) is 0 Å². The quantitative estimate of drug-likeness (QED) is 0.480. The predicted molar refractivity (Wildman–Crippen MR) is 43.2 cm³/mol. The molecule has 3 heteroatoms. The molecular weight excluding hydrogens is 144 g/mol. The van der Waals surface area contributed by atoms with E-state index in [4.69, 9.17) is 14.6 Å². The first-order valence-electron chi connectivity index (χ1n) is 3.61. The molecule has 0 heterocycles. The van der Waals surface area contributed by atoms with Crippen LogP contribution in [0.1, 0.15) is 13.3 Å². The van der Waals surface area contributed by atoms with Crippen molar-refractivity contribution in [1.82, 2.24) is 0 Å². The second-order valence-electron chi connectivity index (χ2n) is 2.31. The maximum absolute atomic E-state index is 8.84. The lowest BCUT2D eigenvalue weighted by atomic mass is 10.3. The first-order chi connectivity index (χ1) is 5.20. The van der Waals surface area contributed by atoms with Gasteiger partial charge >= 0.3 is 0 Å². The highest BCUT2D eigenvalue weighted by Gasteiger charge is 2.00. The van der Waals surface area contributed by atoms with Crippen LogP contribution in [0.4, 0.5) is 0 Å². The van der Waals surface area contributed by atoms with E-state index in [2.05, 4.69) is 0 Å². The van der Waals surface area contributed by atoms with Gasteiger partial charge in [0.05, 0.1) is 6.10 Å². The molecule has 3 nitrogen and oxygen atoms in total. The van der Waals surface area contributed by atoms with Crippen molar-refractivity contribution in [1.29, 1.82) is 0 Å². The van der Waals surface area contributed by atoms with Crippen LogP contribution in [-0.4, -0.2) is 31.7 Å². The van der Waals surface area contributed by atoms with E-state index in [1.54, 1.807) is 27.2 Å². The third-order valence-electron chi connectivity index (χ3n) is 1.27. The van der Waals surface area contributed by atoms with Gasteiger partial charge < -0.3 is 14.6 Å². The van der Waals surface area contributed by atoms with Crippen molar-refractivity contribution in [2.75, 3.05) is 14.2 Å². The van der Waals surface area contributed by atoms with E-state index in [1.165, 1.54) is 0 Å². The Labute approximate surface area is 67.6 Å². The SMILES string of the molecule is COC(CC=CC(C)O)OC. The van der Waals surface area contributed by atoms with Gasteiger partial charge in [-0.15, -0.1) is 0 Å². The minimum Gasteiger partial charge on any atom is -0.389 e. The summed E-state index contributed by atoms with van der Waals surface area (Å²) in [5, 5.41) is 8.84. The zero-order valence-corrected chi connectivity index (χ0v) is 7.28. The molecule has 0 radical (unpaired) electrons. The normalized spacial score (nSPS) is 14.6. The molecule has 0 rings (SSSR count). The first-order valence-corrected chi connectivity index (χ1v) is 3.61. The van der Waals surface area contributed by atoms with Gasteiger partial charge in [0.2, 0.25) is 0 Å². The third-order valence-corrected chi connectivity index (χ3v) is 1.27. The molecule has 0 aromatic carbocycles. The average molecular weight is 160 g/mol. The molecular formula is C8H16O3. The average Bonchev–Trinajstić information content (AvgIpc) is 1.98. The number of ether oxygens (including phenoxy) is 2. The van der Waals surface area contributed by atoms with Gasteiger partial charge in [-0.2, -0.15) is 0 Å². The lowest BCUT2D eigenvalue weighted by Gasteiger charge is -2.09. The first kappa shape index (κ1) is 10.6. The lowest BCUT2D eigenvalue weighted by Crippen LogP contribution is -2.11. The summed E-state index contributed by atoms with van der Waals surface area (Å²) in [5.41, 5.74) is 0. The smallest absolute Gasteiger partial charge is 0.160 e. The van der Waals surface area contributed by atoms with E-state index < -0.39 is 6.10 Å².